The molecular weight excluding hydrogens is 448 g/mol. The summed E-state index contributed by atoms with van der Waals surface area (Å²) in [5.41, 5.74) is 0.920. The summed E-state index contributed by atoms with van der Waals surface area (Å²) < 4.78 is 58.2. The van der Waals surface area contributed by atoms with Crippen molar-refractivity contribution >= 4 is 5.69 Å². The summed E-state index contributed by atoms with van der Waals surface area (Å²) in [5, 5.41) is 3.99. The Morgan fingerprint density at radius 3 is 2.50 bits per heavy atom. The van der Waals surface area contributed by atoms with Crippen LogP contribution in [0.1, 0.15) is 17.7 Å². The Balaban J connectivity index is 1.19. The van der Waals surface area contributed by atoms with Crippen molar-refractivity contribution < 1.29 is 22.1 Å². The summed E-state index contributed by atoms with van der Waals surface area (Å²) >= 11 is 0. The lowest BCUT2D eigenvalue weighted by atomic mass is 10.1. The maximum atomic E-state index is 13.9. The molecule has 5 nitrogen and oxygen atoms in total. The maximum Gasteiger partial charge on any atom is 0.416 e. The van der Waals surface area contributed by atoms with Crippen molar-refractivity contribution in [3.63, 3.8) is 0 Å². The van der Waals surface area contributed by atoms with Gasteiger partial charge in [0.15, 0.2) is 5.76 Å². The molecule has 0 radical (unpaired) electrons. The average molecular weight is 477 g/mol. The third-order valence-electron chi connectivity index (χ3n) is 6.06. The average Bonchev–Trinajstić information content (AvgIpc) is 3.27. The highest BCUT2D eigenvalue weighted by Gasteiger charge is 2.31. The van der Waals surface area contributed by atoms with Gasteiger partial charge in [0.25, 0.3) is 0 Å². The van der Waals surface area contributed by atoms with Gasteiger partial charge in [0.2, 0.25) is 0 Å². The van der Waals surface area contributed by atoms with Crippen LogP contribution < -0.4 is 4.90 Å². The van der Waals surface area contributed by atoms with Crippen molar-refractivity contribution in [3.8, 4) is 11.3 Å². The van der Waals surface area contributed by atoms with Crippen LogP contribution in [0.2, 0.25) is 0 Å². The van der Waals surface area contributed by atoms with Crippen LogP contribution >= 0.6 is 0 Å². The molecule has 0 aliphatic carbocycles. The van der Waals surface area contributed by atoms with Crippen molar-refractivity contribution in [1.29, 1.82) is 0 Å². The van der Waals surface area contributed by atoms with Gasteiger partial charge in [-0.05, 0) is 56.9 Å². The van der Waals surface area contributed by atoms with Crippen molar-refractivity contribution in [2.24, 2.45) is 0 Å². The number of anilines is 1. The summed E-state index contributed by atoms with van der Waals surface area (Å²) in [6.07, 6.45) is -3.37. The standard InChI is InChI=1S/C25H28F4N4O/c1-31(18-21-17-24(30-34-21)22-8-2-3-9-23(22)26)10-5-11-32-12-14-33(15-13-32)20-7-4-6-19(16-20)25(27,28)29/h2-4,6-9,16-17H,5,10-15,18H2,1H3. The van der Waals surface area contributed by atoms with E-state index in [2.05, 4.69) is 15.0 Å². The highest BCUT2D eigenvalue weighted by atomic mass is 19.4. The first-order chi connectivity index (χ1) is 16.3. The Morgan fingerprint density at radius 1 is 1.00 bits per heavy atom. The summed E-state index contributed by atoms with van der Waals surface area (Å²) in [7, 11) is 2.00. The van der Waals surface area contributed by atoms with E-state index in [-0.39, 0.29) is 5.82 Å². The quantitative estimate of drug-likeness (QED) is 0.421. The Labute approximate surface area is 196 Å². The topological polar surface area (TPSA) is 35.8 Å². The molecule has 0 N–H and O–H groups in total. The minimum atomic E-state index is -4.32. The van der Waals surface area contributed by atoms with Gasteiger partial charge < -0.3 is 9.42 Å². The van der Waals surface area contributed by atoms with E-state index in [1.54, 1.807) is 30.3 Å². The molecule has 0 unspecified atom stereocenters. The van der Waals surface area contributed by atoms with E-state index in [4.69, 9.17) is 4.52 Å². The summed E-state index contributed by atoms with van der Waals surface area (Å²) in [4.78, 5) is 6.47. The molecule has 1 saturated heterocycles. The van der Waals surface area contributed by atoms with E-state index in [1.165, 1.54) is 18.2 Å². The molecule has 0 atom stereocenters. The zero-order valence-electron chi connectivity index (χ0n) is 19.1. The number of nitrogens with zero attached hydrogens (tertiary/aromatic N) is 4. The fourth-order valence-electron chi connectivity index (χ4n) is 4.20. The van der Waals surface area contributed by atoms with Gasteiger partial charge in [-0.3, -0.25) is 9.80 Å². The van der Waals surface area contributed by atoms with Crippen molar-refractivity contribution in [3.05, 3.63) is 71.7 Å². The second-order valence-corrected chi connectivity index (χ2v) is 8.63. The van der Waals surface area contributed by atoms with Crippen LogP contribution in [0.5, 0.6) is 0 Å². The second-order valence-electron chi connectivity index (χ2n) is 8.63. The van der Waals surface area contributed by atoms with E-state index < -0.39 is 11.7 Å². The molecule has 182 valence electrons. The van der Waals surface area contributed by atoms with Crippen LogP contribution in [-0.2, 0) is 12.7 Å². The number of piperazine rings is 1. The van der Waals surface area contributed by atoms with Crippen LogP contribution in [-0.4, -0.2) is 61.3 Å². The number of halogens is 4. The number of aromatic nitrogens is 1. The smallest absolute Gasteiger partial charge is 0.369 e. The third-order valence-corrected chi connectivity index (χ3v) is 6.06. The molecule has 0 saturated carbocycles. The van der Waals surface area contributed by atoms with Crippen LogP contribution in [0, 0.1) is 5.82 Å². The molecule has 1 aliphatic heterocycles. The van der Waals surface area contributed by atoms with E-state index >= 15 is 0 Å². The van der Waals surface area contributed by atoms with Gasteiger partial charge in [0.1, 0.15) is 11.5 Å². The second kappa shape index (κ2) is 10.6. The fourth-order valence-corrected chi connectivity index (χ4v) is 4.20. The predicted molar refractivity (Wildman–Crippen MR) is 123 cm³/mol. The van der Waals surface area contributed by atoms with Gasteiger partial charge >= 0.3 is 6.18 Å². The molecule has 0 bridgehead atoms. The van der Waals surface area contributed by atoms with E-state index in [0.717, 1.165) is 38.7 Å². The molecule has 4 rings (SSSR count). The van der Waals surface area contributed by atoms with Gasteiger partial charge in [0.05, 0.1) is 12.1 Å². The molecule has 0 amide bonds. The zero-order valence-corrected chi connectivity index (χ0v) is 19.1. The Bertz CT molecular complexity index is 1080. The van der Waals surface area contributed by atoms with E-state index in [1.807, 2.05) is 11.9 Å². The van der Waals surface area contributed by atoms with E-state index in [9.17, 15) is 17.6 Å². The maximum absolute atomic E-state index is 13.9. The minimum absolute atomic E-state index is 0.330. The lowest BCUT2D eigenvalue weighted by molar-refractivity contribution is -0.137. The number of benzene rings is 2. The molecule has 0 spiro atoms. The van der Waals surface area contributed by atoms with Crippen LogP contribution in [0.4, 0.5) is 23.2 Å². The minimum Gasteiger partial charge on any atom is -0.369 e. The Morgan fingerprint density at radius 2 is 1.76 bits per heavy atom. The normalized spacial score (nSPS) is 15.3. The molecule has 1 aliphatic rings. The molecule has 2 aromatic carbocycles. The van der Waals surface area contributed by atoms with Crippen molar-refractivity contribution in [1.82, 2.24) is 15.0 Å². The monoisotopic (exact) mass is 476 g/mol. The number of hydrogen-bond donors (Lipinski definition) is 0. The predicted octanol–water partition coefficient (Wildman–Crippen LogP) is 5.14. The van der Waals surface area contributed by atoms with Crippen LogP contribution in [0.25, 0.3) is 11.3 Å². The van der Waals surface area contributed by atoms with Gasteiger partial charge in [0, 0.05) is 43.5 Å². The highest BCUT2D eigenvalue weighted by Crippen LogP contribution is 2.32. The lowest BCUT2D eigenvalue weighted by Crippen LogP contribution is -2.47. The molecule has 9 heteroatoms. The van der Waals surface area contributed by atoms with Crippen molar-refractivity contribution in [2.75, 3.05) is 51.2 Å². The molecule has 2 heterocycles. The summed E-state index contributed by atoms with van der Waals surface area (Å²) in [6, 6.07) is 13.8. The number of hydrogen-bond acceptors (Lipinski definition) is 5. The highest BCUT2D eigenvalue weighted by molar-refractivity contribution is 5.59. The number of rotatable bonds is 8. The first-order valence-electron chi connectivity index (χ1n) is 11.3. The lowest BCUT2D eigenvalue weighted by Gasteiger charge is -2.36. The molecule has 1 fully saturated rings. The summed E-state index contributed by atoms with van der Waals surface area (Å²) in [6.45, 7) is 5.37. The van der Waals surface area contributed by atoms with Gasteiger partial charge in [-0.15, -0.1) is 0 Å². The summed E-state index contributed by atoms with van der Waals surface area (Å²) in [5.74, 6) is 0.347. The first kappa shape index (κ1) is 24.2. The van der Waals surface area contributed by atoms with Crippen LogP contribution in [0.3, 0.4) is 0 Å². The number of alkyl halides is 3. The Hall–Kier alpha value is -2.91. The molecular formula is C25H28F4N4O. The zero-order chi connectivity index (χ0) is 24.1. The third kappa shape index (κ3) is 6.15. The van der Waals surface area contributed by atoms with Gasteiger partial charge in [-0.1, -0.05) is 23.4 Å². The first-order valence-corrected chi connectivity index (χ1v) is 11.3. The SMILES string of the molecule is CN(CCCN1CCN(c2cccc(C(F)(F)F)c2)CC1)Cc1cc(-c2ccccc2F)no1. The molecule has 3 aromatic rings. The Kier molecular flexibility index (Phi) is 7.53. The molecule has 1 aromatic heterocycles. The van der Waals surface area contributed by atoms with E-state index in [0.29, 0.717) is 42.3 Å². The molecule has 34 heavy (non-hydrogen) atoms. The van der Waals surface area contributed by atoms with Crippen molar-refractivity contribution in [2.45, 2.75) is 19.1 Å². The largest absolute Gasteiger partial charge is 0.416 e. The van der Waals surface area contributed by atoms with Gasteiger partial charge in [-0.25, -0.2) is 4.39 Å². The van der Waals surface area contributed by atoms with Gasteiger partial charge in [-0.2, -0.15) is 13.2 Å². The van der Waals surface area contributed by atoms with Crippen LogP contribution in [0.15, 0.2) is 59.1 Å². The fraction of sp³-hybridized carbons (Fsp3) is 0.400.